The standard InChI is InChI=1S/C21H24BrN3O4/c1-27-18-10-14(11-19(12-18)28-2)20(26)25-21(23-13-17-4-3-9-29-17)24-16-7-5-15(22)6-8-16/h5-8,10-12,17H,3-4,9,13H2,1-2H3,(H2,23,24,25,26)/t17-/m1/s1. The SMILES string of the molecule is COc1cc(OC)cc(C(=O)NC(=NC[C@H]2CCCO2)Nc2ccc(Br)cc2)c1. The van der Waals surface area contributed by atoms with E-state index in [0.29, 0.717) is 29.6 Å². The number of carbonyl (C=O) groups excluding carboxylic acids is 1. The molecule has 154 valence electrons. The molecular formula is C21H24BrN3O4. The quantitative estimate of drug-likeness (QED) is 0.504. The first-order valence-corrected chi connectivity index (χ1v) is 10.1. The molecule has 1 aliphatic rings. The van der Waals surface area contributed by atoms with Crippen LogP contribution < -0.4 is 20.1 Å². The Morgan fingerprint density at radius 3 is 2.45 bits per heavy atom. The summed E-state index contributed by atoms with van der Waals surface area (Å²) < 4.78 is 17.1. The predicted octanol–water partition coefficient (Wildman–Crippen LogP) is 3.84. The monoisotopic (exact) mass is 461 g/mol. The fraction of sp³-hybridized carbons (Fsp3) is 0.333. The lowest BCUT2D eigenvalue weighted by Gasteiger charge is -2.14. The fourth-order valence-corrected chi connectivity index (χ4v) is 3.14. The average molecular weight is 462 g/mol. The minimum atomic E-state index is -0.321. The van der Waals surface area contributed by atoms with Crippen molar-refractivity contribution in [3.63, 3.8) is 0 Å². The molecule has 0 bridgehead atoms. The number of guanidine groups is 1. The van der Waals surface area contributed by atoms with E-state index in [9.17, 15) is 4.79 Å². The van der Waals surface area contributed by atoms with Crippen LogP contribution in [0.5, 0.6) is 11.5 Å². The second-order valence-electron chi connectivity index (χ2n) is 6.51. The van der Waals surface area contributed by atoms with E-state index in [1.54, 1.807) is 32.4 Å². The van der Waals surface area contributed by atoms with Crippen LogP contribution in [0.25, 0.3) is 0 Å². The van der Waals surface area contributed by atoms with Gasteiger partial charge in [0.15, 0.2) is 0 Å². The van der Waals surface area contributed by atoms with Gasteiger partial charge < -0.3 is 19.5 Å². The van der Waals surface area contributed by atoms with E-state index >= 15 is 0 Å². The van der Waals surface area contributed by atoms with Gasteiger partial charge in [0.05, 0.1) is 26.9 Å². The molecule has 3 rings (SSSR count). The van der Waals surface area contributed by atoms with Crippen LogP contribution in [0.3, 0.4) is 0 Å². The normalized spacial score (nSPS) is 16.4. The Kier molecular flexibility index (Phi) is 7.48. The molecule has 29 heavy (non-hydrogen) atoms. The zero-order valence-corrected chi connectivity index (χ0v) is 18.0. The van der Waals surface area contributed by atoms with Crippen LogP contribution in [0.2, 0.25) is 0 Å². The molecule has 2 aromatic carbocycles. The molecule has 1 heterocycles. The topological polar surface area (TPSA) is 81.2 Å². The van der Waals surface area contributed by atoms with Crippen molar-refractivity contribution >= 4 is 33.5 Å². The number of nitrogens with zero attached hydrogens (tertiary/aromatic N) is 1. The van der Waals surface area contributed by atoms with Crippen molar-refractivity contribution in [3.05, 3.63) is 52.5 Å². The number of nitrogens with one attached hydrogen (secondary N) is 2. The maximum atomic E-state index is 12.9. The summed E-state index contributed by atoms with van der Waals surface area (Å²) >= 11 is 3.42. The van der Waals surface area contributed by atoms with E-state index in [-0.39, 0.29) is 12.0 Å². The molecule has 1 fully saturated rings. The summed E-state index contributed by atoms with van der Waals surface area (Å²) in [4.78, 5) is 17.4. The number of rotatable bonds is 6. The second-order valence-corrected chi connectivity index (χ2v) is 7.43. The van der Waals surface area contributed by atoms with Gasteiger partial charge >= 0.3 is 0 Å². The van der Waals surface area contributed by atoms with Crippen LogP contribution in [0, 0.1) is 0 Å². The van der Waals surface area contributed by atoms with Crippen molar-refractivity contribution in [2.75, 3.05) is 32.7 Å². The largest absolute Gasteiger partial charge is 0.497 e. The molecule has 0 unspecified atom stereocenters. The highest BCUT2D eigenvalue weighted by Gasteiger charge is 2.17. The zero-order valence-electron chi connectivity index (χ0n) is 16.4. The molecule has 0 saturated carbocycles. The molecule has 2 aromatic rings. The molecular weight excluding hydrogens is 438 g/mol. The second kappa shape index (κ2) is 10.3. The number of aliphatic imine (C=N–C) groups is 1. The number of carbonyl (C=O) groups is 1. The third-order valence-corrected chi connectivity index (χ3v) is 4.96. The summed E-state index contributed by atoms with van der Waals surface area (Å²) in [5.41, 5.74) is 1.21. The van der Waals surface area contributed by atoms with E-state index < -0.39 is 0 Å². The Morgan fingerprint density at radius 1 is 1.17 bits per heavy atom. The number of halogens is 1. The van der Waals surface area contributed by atoms with Crippen LogP contribution in [-0.2, 0) is 4.74 Å². The first kappa shape index (κ1) is 21.1. The Labute approximate surface area is 178 Å². The summed E-state index contributed by atoms with van der Waals surface area (Å²) in [5.74, 6) is 1.11. The van der Waals surface area contributed by atoms with Crippen molar-refractivity contribution in [1.29, 1.82) is 0 Å². The fourth-order valence-electron chi connectivity index (χ4n) is 2.88. The van der Waals surface area contributed by atoms with Gasteiger partial charge in [0.1, 0.15) is 11.5 Å². The first-order chi connectivity index (χ1) is 14.1. The summed E-state index contributed by atoms with van der Waals surface area (Å²) in [6.07, 6.45) is 2.08. The number of ether oxygens (including phenoxy) is 3. The number of hydrogen-bond acceptors (Lipinski definition) is 5. The number of benzene rings is 2. The first-order valence-electron chi connectivity index (χ1n) is 9.30. The van der Waals surface area contributed by atoms with Crippen LogP contribution >= 0.6 is 15.9 Å². The van der Waals surface area contributed by atoms with Gasteiger partial charge in [0.25, 0.3) is 5.91 Å². The molecule has 1 atom stereocenters. The van der Waals surface area contributed by atoms with Gasteiger partial charge in [-0.25, -0.2) is 4.99 Å². The maximum absolute atomic E-state index is 12.9. The van der Waals surface area contributed by atoms with Gasteiger partial charge in [-0.3, -0.25) is 10.1 Å². The molecule has 0 aliphatic carbocycles. The lowest BCUT2D eigenvalue weighted by atomic mass is 10.2. The van der Waals surface area contributed by atoms with Gasteiger partial charge in [-0.05, 0) is 49.2 Å². The maximum Gasteiger partial charge on any atom is 0.258 e. The van der Waals surface area contributed by atoms with Crippen molar-refractivity contribution in [3.8, 4) is 11.5 Å². The summed E-state index contributed by atoms with van der Waals surface area (Å²) in [6.45, 7) is 1.23. The third-order valence-electron chi connectivity index (χ3n) is 4.43. The van der Waals surface area contributed by atoms with Crippen LogP contribution in [0.1, 0.15) is 23.2 Å². The third kappa shape index (κ3) is 6.20. The van der Waals surface area contributed by atoms with Gasteiger partial charge in [0, 0.05) is 28.4 Å². The van der Waals surface area contributed by atoms with Gasteiger partial charge in [-0.15, -0.1) is 0 Å². The van der Waals surface area contributed by atoms with Crippen LogP contribution in [0.4, 0.5) is 5.69 Å². The van der Waals surface area contributed by atoms with E-state index in [1.807, 2.05) is 24.3 Å². The lowest BCUT2D eigenvalue weighted by molar-refractivity contribution is 0.0975. The predicted molar refractivity (Wildman–Crippen MR) is 116 cm³/mol. The molecule has 2 N–H and O–H groups in total. The molecule has 0 radical (unpaired) electrons. The molecule has 1 aliphatic heterocycles. The van der Waals surface area contributed by atoms with E-state index in [4.69, 9.17) is 14.2 Å². The highest BCUT2D eigenvalue weighted by molar-refractivity contribution is 9.10. The van der Waals surface area contributed by atoms with Crippen molar-refractivity contribution in [2.45, 2.75) is 18.9 Å². The summed E-state index contributed by atoms with van der Waals surface area (Å²) in [7, 11) is 3.08. The van der Waals surface area contributed by atoms with Crippen molar-refractivity contribution in [2.24, 2.45) is 4.99 Å². The lowest BCUT2D eigenvalue weighted by Crippen LogP contribution is -2.36. The number of anilines is 1. The Bertz CT molecular complexity index is 842. The number of amides is 1. The van der Waals surface area contributed by atoms with Gasteiger partial charge in [0.2, 0.25) is 5.96 Å². The summed E-state index contributed by atoms with van der Waals surface area (Å²) in [6, 6.07) is 12.6. The Hall–Kier alpha value is -2.58. The van der Waals surface area contributed by atoms with Gasteiger partial charge in [-0.1, -0.05) is 15.9 Å². The average Bonchev–Trinajstić information content (AvgIpc) is 3.26. The van der Waals surface area contributed by atoms with Crippen LogP contribution in [0.15, 0.2) is 51.9 Å². The molecule has 1 amide bonds. The summed E-state index contributed by atoms with van der Waals surface area (Å²) in [5, 5.41) is 6.01. The molecule has 0 aromatic heterocycles. The molecule has 0 spiro atoms. The Balaban J connectivity index is 1.78. The highest BCUT2D eigenvalue weighted by atomic mass is 79.9. The van der Waals surface area contributed by atoms with Crippen LogP contribution in [-0.4, -0.2) is 45.3 Å². The minimum Gasteiger partial charge on any atom is -0.497 e. The van der Waals surface area contributed by atoms with Crippen molar-refractivity contribution in [1.82, 2.24) is 5.32 Å². The smallest absolute Gasteiger partial charge is 0.258 e. The minimum absolute atomic E-state index is 0.0746. The van der Waals surface area contributed by atoms with E-state index in [0.717, 1.165) is 29.6 Å². The molecule has 7 nitrogen and oxygen atoms in total. The van der Waals surface area contributed by atoms with Gasteiger partial charge in [-0.2, -0.15) is 0 Å². The number of hydrogen-bond donors (Lipinski definition) is 2. The highest BCUT2D eigenvalue weighted by Crippen LogP contribution is 2.22. The number of methoxy groups -OCH3 is 2. The molecule has 8 heteroatoms. The molecule has 1 saturated heterocycles. The van der Waals surface area contributed by atoms with Crippen molar-refractivity contribution < 1.29 is 19.0 Å². The zero-order chi connectivity index (χ0) is 20.6. The Morgan fingerprint density at radius 2 is 1.86 bits per heavy atom. The van der Waals surface area contributed by atoms with E-state index in [2.05, 4.69) is 31.6 Å². The van der Waals surface area contributed by atoms with E-state index in [1.165, 1.54) is 0 Å².